The number of hydrogen-bond acceptors (Lipinski definition) is 3. The Kier molecular flexibility index (Phi) is 6.13. The third kappa shape index (κ3) is 4.51. The van der Waals surface area contributed by atoms with E-state index in [0.29, 0.717) is 18.7 Å². The van der Waals surface area contributed by atoms with Crippen molar-refractivity contribution in [2.45, 2.75) is 5.92 Å². The molecule has 1 aliphatic rings. The highest BCUT2D eigenvalue weighted by Crippen LogP contribution is 2.44. The van der Waals surface area contributed by atoms with Crippen LogP contribution in [0.3, 0.4) is 0 Å². The number of amides is 2. The molecule has 31 heavy (non-hydrogen) atoms. The zero-order chi connectivity index (χ0) is 21.6. The second-order valence-corrected chi connectivity index (χ2v) is 7.31. The molecule has 0 unspecified atom stereocenters. The fourth-order valence-electron chi connectivity index (χ4n) is 3.88. The lowest BCUT2D eigenvalue weighted by molar-refractivity contribution is 0.0963. The van der Waals surface area contributed by atoms with Crippen LogP contribution in [0.25, 0.3) is 17.2 Å². The summed E-state index contributed by atoms with van der Waals surface area (Å²) in [5.41, 5.74) is 6.35. The molecule has 0 spiro atoms. The van der Waals surface area contributed by atoms with Gasteiger partial charge < -0.3 is 15.4 Å². The minimum atomic E-state index is -0.443. The molecule has 0 aliphatic heterocycles. The number of fused-ring (bicyclic) bond motifs is 3. The van der Waals surface area contributed by atoms with Crippen LogP contribution < -0.4 is 10.6 Å². The maximum absolute atomic E-state index is 12.2. The largest absolute Gasteiger partial charge is 0.449 e. The van der Waals surface area contributed by atoms with E-state index in [1.807, 2.05) is 48.6 Å². The molecule has 0 bridgehead atoms. The third-order valence-corrected chi connectivity index (χ3v) is 5.42. The quantitative estimate of drug-likeness (QED) is 0.622. The van der Waals surface area contributed by atoms with Crippen LogP contribution in [0.15, 0.2) is 78.9 Å². The number of rotatable bonds is 6. The van der Waals surface area contributed by atoms with Crippen LogP contribution in [0.5, 0.6) is 0 Å². The molecule has 0 radical (unpaired) electrons. The minimum absolute atomic E-state index is 0.0486. The van der Waals surface area contributed by atoms with Gasteiger partial charge in [0.25, 0.3) is 5.91 Å². The van der Waals surface area contributed by atoms with E-state index in [2.05, 4.69) is 34.9 Å². The molecule has 2 amide bonds. The Bertz CT molecular complexity index is 1070. The second kappa shape index (κ2) is 9.30. The van der Waals surface area contributed by atoms with Crippen molar-refractivity contribution in [2.75, 3.05) is 20.2 Å². The Morgan fingerprint density at radius 2 is 1.52 bits per heavy atom. The Balaban J connectivity index is 1.29. The van der Waals surface area contributed by atoms with Gasteiger partial charge in [-0.3, -0.25) is 4.79 Å². The van der Waals surface area contributed by atoms with Crippen LogP contribution in [-0.4, -0.2) is 32.2 Å². The third-order valence-electron chi connectivity index (χ3n) is 5.42. The van der Waals surface area contributed by atoms with Crippen molar-refractivity contribution in [3.05, 3.63) is 101 Å². The zero-order valence-electron chi connectivity index (χ0n) is 17.3. The van der Waals surface area contributed by atoms with E-state index in [4.69, 9.17) is 4.74 Å². The summed E-state index contributed by atoms with van der Waals surface area (Å²) < 4.78 is 5.52. The average molecular weight is 412 g/mol. The topological polar surface area (TPSA) is 67.4 Å². The first-order valence-electron chi connectivity index (χ1n) is 10.2. The van der Waals surface area contributed by atoms with Crippen molar-refractivity contribution in [1.82, 2.24) is 10.6 Å². The highest BCUT2D eigenvalue weighted by Gasteiger charge is 2.28. The van der Waals surface area contributed by atoms with Crippen LogP contribution in [0, 0.1) is 0 Å². The van der Waals surface area contributed by atoms with E-state index in [1.54, 1.807) is 19.2 Å². The summed E-state index contributed by atoms with van der Waals surface area (Å²) in [5.74, 6) is -0.0695. The average Bonchev–Trinajstić information content (AvgIpc) is 3.14. The smallest absolute Gasteiger partial charge is 0.407 e. The normalized spacial score (nSPS) is 12.3. The fraction of sp³-hybridized carbons (Fsp3) is 0.154. The van der Waals surface area contributed by atoms with Gasteiger partial charge in [-0.05, 0) is 39.9 Å². The Hall–Kier alpha value is -3.86. The van der Waals surface area contributed by atoms with Crippen molar-refractivity contribution < 1.29 is 14.3 Å². The van der Waals surface area contributed by atoms with Gasteiger partial charge in [-0.15, -0.1) is 0 Å². The van der Waals surface area contributed by atoms with Gasteiger partial charge >= 0.3 is 6.09 Å². The van der Waals surface area contributed by atoms with Crippen molar-refractivity contribution >= 4 is 18.1 Å². The van der Waals surface area contributed by atoms with Crippen molar-refractivity contribution in [3.8, 4) is 11.1 Å². The number of nitrogens with one attached hydrogen (secondary N) is 2. The number of hydrogen-bond donors (Lipinski definition) is 2. The van der Waals surface area contributed by atoms with Crippen LogP contribution in [0.4, 0.5) is 4.79 Å². The molecule has 156 valence electrons. The van der Waals surface area contributed by atoms with Gasteiger partial charge in [-0.25, -0.2) is 4.79 Å². The Morgan fingerprint density at radius 3 is 2.13 bits per heavy atom. The number of carbonyl (C=O) groups is 2. The second-order valence-electron chi connectivity index (χ2n) is 7.31. The van der Waals surface area contributed by atoms with Gasteiger partial charge in [0.05, 0.1) is 0 Å². The standard InChI is InChI=1S/C26H24N2O3/c1-27-25(29)19-14-12-18(13-15-19)7-6-16-28-26(30)31-17-24-22-10-4-2-8-20(22)21-9-3-5-11-23(21)24/h2-15,24H,16-17H2,1H3,(H,27,29)(H,28,30). The SMILES string of the molecule is CNC(=O)c1ccc(C=CCNC(=O)OCC2c3ccccc3-c3ccccc32)cc1. The van der Waals surface area contributed by atoms with Gasteiger partial charge in [0, 0.05) is 25.1 Å². The van der Waals surface area contributed by atoms with Gasteiger partial charge in [0.2, 0.25) is 0 Å². The molecule has 3 aromatic rings. The summed E-state index contributed by atoms with van der Waals surface area (Å²) in [6.45, 7) is 0.651. The molecule has 4 rings (SSSR count). The zero-order valence-corrected chi connectivity index (χ0v) is 17.3. The van der Waals surface area contributed by atoms with Gasteiger partial charge in [-0.1, -0.05) is 72.8 Å². The van der Waals surface area contributed by atoms with Gasteiger partial charge in [0.1, 0.15) is 6.61 Å². The summed E-state index contributed by atoms with van der Waals surface area (Å²) in [6, 6.07) is 23.7. The summed E-state index contributed by atoms with van der Waals surface area (Å²) in [6.07, 6.45) is 3.29. The van der Waals surface area contributed by atoms with Crippen molar-refractivity contribution in [1.29, 1.82) is 0 Å². The summed E-state index contributed by atoms with van der Waals surface area (Å²) in [4.78, 5) is 23.7. The number of alkyl carbamates (subject to hydrolysis) is 1. The molecule has 1 aliphatic carbocycles. The molecule has 0 saturated heterocycles. The predicted octanol–water partition coefficient (Wildman–Crippen LogP) is 4.60. The van der Waals surface area contributed by atoms with Crippen LogP contribution in [-0.2, 0) is 4.74 Å². The van der Waals surface area contributed by atoms with E-state index in [0.717, 1.165) is 5.56 Å². The molecule has 0 aromatic heterocycles. The van der Waals surface area contributed by atoms with E-state index >= 15 is 0 Å². The first kappa shape index (κ1) is 20.4. The molecule has 0 atom stereocenters. The molecular weight excluding hydrogens is 388 g/mol. The molecular formula is C26H24N2O3. The molecule has 0 heterocycles. The van der Waals surface area contributed by atoms with Gasteiger partial charge in [-0.2, -0.15) is 0 Å². The van der Waals surface area contributed by atoms with Crippen LogP contribution in [0.1, 0.15) is 33.0 Å². The summed E-state index contributed by atoms with van der Waals surface area (Å²) in [5, 5.41) is 5.34. The lowest BCUT2D eigenvalue weighted by Gasteiger charge is -2.14. The first-order valence-corrected chi connectivity index (χ1v) is 10.2. The van der Waals surface area contributed by atoms with Crippen molar-refractivity contribution in [2.24, 2.45) is 0 Å². The van der Waals surface area contributed by atoms with Gasteiger partial charge in [0.15, 0.2) is 0 Å². The Morgan fingerprint density at radius 1 is 0.903 bits per heavy atom. The molecule has 0 saturated carbocycles. The summed E-state index contributed by atoms with van der Waals surface area (Å²) in [7, 11) is 1.60. The van der Waals surface area contributed by atoms with E-state index < -0.39 is 6.09 Å². The lowest BCUT2D eigenvalue weighted by atomic mass is 9.98. The molecule has 5 nitrogen and oxygen atoms in total. The van der Waals surface area contributed by atoms with E-state index in [1.165, 1.54) is 22.3 Å². The van der Waals surface area contributed by atoms with Crippen LogP contribution >= 0.6 is 0 Å². The molecule has 5 heteroatoms. The Labute approximate surface area is 181 Å². The van der Waals surface area contributed by atoms with Crippen molar-refractivity contribution in [3.63, 3.8) is 0 Å². The molecule has 0 fully saturated rings. The number of benzene rings is 3. The molecule has 3 aromatic carbocycles. The number of carbonyl (C=O) groups excluding carboxylic acids is 2. The highest BCUT2D eigenvalue weighted by atomic mass is 16.5. The highest BCUT2D eigenvalue weighted by molar-refractivity contribution is 5.94. The first-order chi connectivity index (χ1) is 15.2. The maximum Gasteiger partial charge on any atom is 0.407 e. The monoisotopic (exact) mass is 412 g/mol. The predicted molar refractivity (Wildman–Crippen MR) is 122 cm³/mol. The maximum atomic E-state index is 12.2. The lowest BCUT2D eigenvalue weighted by Crippen LogP contribution is -2.26. The summed E-state index contributed by atoms with van der Waals surface area (Å²) >= 11 is 0. The fourth-order valence-corrected chi connectivity index (χ4v) is 3.88. The molecule has 2 N–H and O–H groups in total. The number of ether oxygens (including phenoxy) is 1. The minimum Gasteiger partial charge on any atom is -0.449 e. The van der Waals surface area contributed by atoms with E-state index in [-0.39, 0.29) is 11.8 Å². The van der Waals surface area contributed by atoms with E-state index in [9.17, 15) is 9.59 Å². The van der Waals surface area contributed by atoms with Crippen LogP contribution in [0.2, 0.25) is 0 Å².